The number of pyridine rings is 1. The van der Waals surface area contributed by atoms with Crippen molar-refractivity contribution in [3.8, 4) is 5.75 Å². The van der Waals surface area contributed by atoms with Crippen LogP contribution in [0.5, 0.6) is 5.75 Å². The minimum atomic E-state index is -0.630. The van der Waals surface area contributed by atoms with E-state index in [1.807, 2.05) is 34.7 Å². The van der Waals surface area contributed by atoms with Crippen LogP contribution < -0.4 is 4.74 Å². The first-order chi connectivity index (χ1) is 10.6. The van der Waals surface area contributed by atoms with Gasteiger partial charge in [0.1, 0.15) is 11.4 Å². The number of ether oxygens (including phenoxy) is 1. The van der Waals surface area contributed by atoms with Crippen LogP contribution in [0.1, 0.15) is 30.0 Å². The van der Waals surface area contributed by atoms with E-state index in [4.69, 9.17) is 16.3 Å². The van der Waals surface area contributed by atoms with Crippen LogP contribution in [-0.2, 0) is 6.42 Å². The number of hydrogen-bond donors (Lipinski definition) is 1. The van der Waals surface area contributed by atoms with Crippen molar-refractivity contribution in [2.45, 2.75) is 19.4 Å². The Hall–Kier alpha value is -2.04. The van der Waals surface area contributed by atoms with Crippen LogP contribution in [0.3, 0.4) is 0 Å². The maximum Gasteiger partial charge on any atom is 0.137 e. The molecular weight excluding hydrogens is 300 g/mol. The van der Waals surface area contributed by atoms with Crippen molar-refractivity contribution >= 4 is 17.2 Å². The lowest BCUT2D eigenvalue weighted by Crippen LogP contribution is -2.02. The van der Waals surface area contributed by atoms with Crippen LogP contribution in [0.2, 0.25) is 5.02 Å². The second kappa shape index (κ2) is 5.99. The molecule has 5 heteroatoms. The van der Waals surface area contributed by atoms with E-state index < -0.39 is 6.10 Å². The molecule has 22 heavy (non-hydrogen) atoms. The SMILES string of the molecule is COc1cccc(Cc2nc3ccc(Cl)cn3c2C(C)O)c1. The Bertz CT molecular complexity index is 812. The van der Waals surface area contributed by atoms with Gasteiger partial charge in [-0.3, -0.25) is 4.40 Å². The van der Waals surface area contributed by atoms with Crippen LogP contribution in [0.4, 0.5) is 0 Å². The molecule has 3 aromatic rings. The molecule has 0 spiro atoms. The van der Waals surface area contributed by atoms with Crippen LogP contribution in [-0.4, -0.2) is 21.6 Å². The third kappa shape index (κ3) is 2.80. The van der Waals surface area contributed by atoms with Crippen molar-refractivity contribution in [2.24, 2.45) is 0 Å². The van der Waals surface area contributed by atoms with Gasteiger partial charge in [0.15, 0.2) is 0 Å². The molecule has 1 unspecified atom stereocenters. The number of benzene rings is 1. The van der Waals surface area contributed by atoms with Crippen molar-refractivity contribution in [1.82, 2.24) is 9.38 Å². The Morgan fingerprint density at radius 3 is 2.86 bits per heavy atom. The third-order valence-electron chi connectivity index (χ3n) is 3.60. The predicted octanol–water partition coefficient (Wildman–Crippen LogP) is 3.64. The molecule has 3 rings (SSSR count). The molecule has 0 saturated carbocycles. The summed E-state index contributed by atoms with van der Waals surface area (Å²) in [5, 5.41) is 10.7. The summed E-state index contributed by atoms with van der Waals surface area (Å²) >= 11 is 6.06. The van der Waals surface area contributed by atoms with Gasteiger partial charge in [0, 0.05) is 12.6 Å². The molecule has 0 amide bonds. The van der Waals surface area contributed by atoms with Crippen molar-refractivity contribution in [1.29, 1.82) is 0 Å². The van der Waals surface area contributed by atoms with Gasteiger partial charge in [-0.1, -0.05) is 23.7 Å². The molecule has 0 saturated heterocycles. The lowest BCUT2D eigenvalue weighted by Gasteiger charge is -2.09. The predicted molar refractivity (Wildman–Crippen MR) is 86.6 cm³/mol. The van der Waals surface area contributed by atoms with E-state index >= 15 is 0 Å². The zero-order chi connectivity index (χ0) is 15.7. The number of nitrogens with zero attached hydrogens (tertiary/aromatic N) is 2. The molecule has 4 nitrogen and oxygen atoms in total. The second-order valence-electron chi connectivity index (χ2n) is 5.22. The molecule has 2 heterocycles. The summed E-state index contributed by atoms with van der Waals surface area (Å²) in [7, 11) is 1.65. The van der Waals surface area contributed by atoms with Gasteiger partial charge >= 0.3 is 0 Å². The zero-order valence-corrected chi connectivity index (χ0v) is 13.2. The van der Waals surface area contributed by atoms with Crippen LogP contribution >= 0.6 is 11.6 Å². The Balaban J connectivity index is 2.07. The number of imidazole rings is 1. The van der Waals surface area contributed by atoms with E-state index in [2.05, 4.69) is 4.98 Å². The highest BCUT2D eigenvalue weighted by atomic mass is 35.5. The van der Waals surface area contributed by atoms with E-state index in [0.29, 0.717) is 11.4 Å². The second-order valence-corrected chi connectivity index (χ2v) is 5.66. The molecule has 2 aromatic heterocycles. The quantitative estimate of drug-likeness (QED) is 0.799. The Labute approximate surface area is 133 Å². The summed E-state index contributed by atoms with van der Waals surface area (Å²) in [5.74, 6) is 0.808. The van der Waals surface area contributed by atoms with Gasteiger partial charge < -0.3 is 9.84 Å². The summed E-state index contributed by atoms with van der Waals surface area (Å²) < 4.78 is 7.10. The zero-order valence-electron chi connectivity index (χ0n) is 12.5. The normalized spacial score (nSPS) is 12.5. The van der Waals surface area contributed by atoms with Crippen molar-refractivity contribution in [2.75, 3.05) is 7.11 Å². The monoisotopic (exact) mass is 316 g/mol. The molecular formula is C17H17ClN2O2. The van der Waals surface area contributed by atoms with E-state index in [1.54, 1.807) is 26.3 Å². The fourth-order valence-electron chi connectivity index (χ4n) is 2.63. The van der Waals surface area contributed by atoms with Gasteiger partial charge in [0.25, 0.3) is 0 Å². The number of halogens is 1. The number of hydrogen-bond acceptors (Lipinski definition) is 3. The van der Waals surface area contributed by atoms with Crippen molar-refractivity contribution < 1.29 is 9.84 Å². The lowest BCUT2D eigenvalue weighted by molar-refractivity contribution is 0.192. The summed E-state index contributed by atoms with van der Waals surface area (Å²) in [4.78, 5) is 4.63. The van der Waals surface area contributed by atoms with Crippen LogP contribution in [0.15, 0.2) is 42.6 Å². The molecule has 0 aliphatic carbocycles. The van der Waals surface area contributed by atoms with Crippen LogP contribution in [0, 0.1) is 0 Å². The first-order valence-corrected chi connectivity index (χ1v) is 7.43. The van der Waals surface area contributed by atoms with Crippen molar-refractivity contribution in [3.05, 3.63) is 64.6 Å². The summed E-state index contributed by atoms with van der Waals surface area (Å²) in [5.41, 5.74) is 3.46. The number of aliphatic hydroxyl groups is 1. The van der Waals surface area contributed by atoms with E-state index in [0.717, 1.165) is 28.3 Å². The maximum atomic E-state index is 10.1. The minimum Gasteiger partial charge on any atom is -0.497 e. The summed E-state index contributed by atoms with van der Waals surface area (Å²) in [6.45, 7) is 1.74. The molecule has 0 bridgehead atoms. The van der Waals surface area contributed by atoms with Gasteiger partial charge in [0.2, 0.25) is 0 Å². The highest BCUT2D eigenvalue weighted by molar-refractivity contribution is 6.30. The van der Waals surface area contributed by atoms with Gasteiger partial charge in [-0.05, 0) is 36.8 Å². The van der Waals surface area contributed by atoms with Gasteiger partial charge in [0.05, 0.1) is 29.6 Å². The fraction of sp³-hybridized carbons (Fsp3) is 0.235. The smallest absolute Gasteiger partial charge is 0.137 e. The Morgan fingerprint density at radius 1 is 1.32 bits per heavy atom. The first-order valence-electron chi connectivity index (χ1n) is 7.06. The van der Waals surface area contributed by atoms with Crippen LogP contribution in [0.25, 0.3) is 5.65 Å². The largest absolute Gasteiger partial charge is 0.497 e. The van der Waals surface area contributed by atoms with Gasteiger partial charge in [-0.15, -0.1) is 0 Å². The van der Waals surface area contributed by atoms with E-state index in [9.17, 15) is 5.11 Å². The number of aliphatic hydroxyl groups excluding tert-OH is 1. The molecule has 0 aliphatic heterocycles. The summed E-state index contributed by atoms with van der Waals surface area (Å²) in [6.07, 6.45) is 1.77. The van der Waals surface area contributed by atoms with Gasteiger partial charge in [-0.25, -0.2) is 4.98 Å². The van der Waals surface area contributed by atoms with Crippen molar-refractivity contribution in [3.63, 3.8) is 0 Å². The van der Waals surface area contributed by atoms with E-state index in [1.165, 1.54) is 0 Å². The number of fused-ring (bicyclic) bond motifs is 1. The Kier molecular flexibility index (Phi) is 4.05. The summed E-state index contributed by atoms with van der Waals surface area (Å²) in [6, 6.07) is 11.5. The first kappa shape index (κ1) is 14.9. The van der Waals surface area contributed by atoms with E-state index in [-0.39, 0.29) is 0 Å². The molecule has 0 radical (unpaired) electrons. The number of aromatic nitrogens is 2. The molecule has 1 aromatic carbocycles. The topological polar surface area (TPSA) is 46.8 Å². The Morgan fingerprint density at radius 2 is 2.14 bits per heavy atom. The maximum absolute atomic E-state index is 10.1. The molecule has 1 atom stereocenters. The fourth-order valence-corrected chi connectivity index (χ4v) is 2.79. The molecule has 1 N–H and O–H groups in total. The average molecular weight is 317 g/mol. The standard InChI is InChI=1S/C17H17ClN2O2/c1-11(21)17-15(9-12-4-3-5-14(8-12)22-2)19-16-7-6-13(18)10-20(16)17/h3-8,10-11,21H,9H2,1-2H3. The number of rotatable bonds is 4. The van der Waals surface area contributed by atoms with Gasteiger partial charge in [-0.2, -0.15) is 0 Å². The molecule has 0 aliphatic rings. The highest BCUT2D eigenvalue weighted by Crippen LogP contribution is 2.25. The average Bonchev–Trinajstić information content (AvgIpc) is 2.84. The highest BCUT2D eigenvalue weighted by Gasteiger charge is 2.17. The molecule has 0 fully saturated rings. The minimum absolute atomic E-state index is 0.611. The third-order valence-corrected chi connectivity index (χ3v) is 3.82. The molecule has 114 valence electrons. The number of methoxy groups -OCH3 is 1. The lowest BCUT2D eigenvalue weighted by atomic mass is 10.1.